The third-order valence-electron chi connectivity index (χ3n) is 3.92. The highest BCUT2D eigenvalue weighted by atomic mass is 19.1. The van der Waals surface area contributed by atoms with Crippen LogP contribution in [0.2, 0.25) is 0 Å². The highest BCUT2D eigenvalue weighted by Gasteiger charge is 2.23. The molecular formula is C18H21FN4O2. The number of amides is 1. The molecule has 1 amide bonds. The van der Waals surface area contributed by atoms with E-state index < -0.39 is 0 Å². The molecule has 2 N–H and O–H groups in total. The predicted molar refractivity (Wildman–Crippen MR) is 93.9 cm³/mol. The highest BCUT2D eigenvalue weighted by molar-refractivity contribution is 5.94. The van der Waals surface area contributed by atoms with Crippen molar-refractivity contribution in [3.8, 4) is 0 Å². The Morgan fingerprint density at radius 3 is 2.44 bits per heavy atom. The van der Waals surface area contributed by atoms with Crippen molar-refractivity contribution in [3.05, 3.63) is 54.0 Å². The van der Waals surface area contributed by atoms with Crippen molar-refractivity contribution in [3.63, 3.8) is 0 Å². The fraction of sp³-hybridized carbons (Fsp3) is 0.333. The molecule has 0 bridgehead atoms. The molecule has 3 rings (SSSR count). The van der Waals surface area contributed by atoms with Gasteiger partial charge in [0.15, 0.2) is 0 Å². The van der Waals surface area contributed by atoms with Gasteiger partial charge in [0.25, 0.3) is 5.91 Å². The third kappa shape index (κ3) is 4.45. The van der Waals surface area contributed by atoms with E-state index in [0.717, 1.165) is 18.9 Å². The number of halogens is 1. The minimum absolute atomic E-state index is 0.147. The minimum atomic E-state index is -0.330. The van der Waals surface area contributed by atoms with E-state index in [-0.39, 0.29) is 23.9 Å². The van der Waals surface area contributed by atoms with Gasteiger partial charge in [-0.25, -0.2) is 9.37 Å². The Balaban J connectivity index is 1.59. The van der Waals surface area contributed by atoms with Gasteiger partial charge in [-0.15, -0.1) is 0 Å². The van der Waals surface area contributed by atoms with Crippen molar-refractivity contribution in [2.45, 2.75) is 26.1 Å². The molecule has 0 saturated carbocycles. The molecule has 1 fully saturated rings. The van der Waals surface area contributed by atoms with Crippen LogP contribution >= 0.6 is 0 Å². The number of hydrogen-bond donors (Lipinski definition) is 2. The average molecular weight is 344 g/mol. The standard InChI is InChI=1S/C18H21FN4O2/c1-12-10-23(11-13(2)25-12)17-8-3-14(9-20-17)18(24)22-21-16-6-4-15(19)5-7-16/h3-9,12-13,21H,10-11H2,1-2H3,(H,22,24). The van der Waals surface area contributed by atoms with Gasteiger partial charge in [0.2, 0.25) is 0 Å². The van der Waals surface area contributed by atoms with Crippen LogP contribution in [0.15, 0.2) is 42.6 Å². The first-order chi connectivity index (χ1) is 12.0. The largest absolute Gasteiger partial charge is 0.372 e. The van der Waals surface area contributed by atoms with Crippen LogP contribution in [0.5, 0.6) is 0 Å². The molecule has 1 saturated heterocycles. The van der Waals surface area contributed by atoms with Crippen LogP contribution < -0.4 is 15.8 Å². The molecule has 1 aromatic heterocycles. The summed E-state index contributed by atoms with van der Waals surface area (Å²) < 4.78 is 18.6. The Bertz CT molecular complexity index is 711. The number of pyridine rings is 1. The van der Waals surface area contributed by atoms with Crippen LogP contribution in [0.1, 0.15) is 24.2 Å². The lowest BCUT2D eigenvalue weighted by Crippen LogP contribution is -2.45. The van der Waals surface area contributed by atoms with Crippen molar-refractivity contribution >= 4 is 17.4 Å². The molecule has 0 radical (unpaired) electrons. The second-order valence-corrected chi connectivity index (χ2v) is 6.15. The fourth-order valence-corrected chi connectivity index (χ4v) is 2.81. The van der Waals surface area contributed by atoms with E-state index in [1.165, 1.54) is 24.3 Å². The number of nitrogens with zero attached hydrogens (tertiary/aromatic N) is 2. The van der Waals surface area contributed by atoms with Gasteiger partial charge in [-0.05, 0) is 50.2 Å². The predicted octanol–water partition coefficient (Wildman–Crippen LogP) is 2.59. The van der Waals surface area contributed by atoms with Crippen molar-refractivity contribution in [2.24, 2.45) is 0 Å². The van der Waals surface area contributed by atoms with E-state index in [2.05, 4.69) is 20.7 Å². The molecule has 2 atom stereocenters. The van der Waals surface area contributed by atoms with Crippen molar-refractivity contribution in [2.75, 3.05) is 23.4 Å². The van der Waals surface area contributed by atoms with Crippen LogP contribution in [0, 0.1) is 5.82 Å². The second-order valence-electron chi connectivity index (χ2n) is 6.15. The summed E-state index contributed by atoms with van der Waals surface area (Å²) >= 11 is 0. The molecule has 1 aromatic carbocycles. The number of nitrogens with one attached hydrogen (secondary N) is 2. The van der Waals surface area contributed by atoms with Gasteiger partial charge in [-0.1, -0.05) is 0 Å². The van der Waals surface area contributed by atoms with Gasteiger partial charge in [-0.2, -0.15) is 0 Å². The summed E-state index contributed by atoms with van der Waals surface area (Å²) in [5.74, 6) is 0.181. The Kier molecular flexibility index (Phi) is 5.14. The number of rotatable bonds is 4. The van der Waals surface area contributed by atoms with Gasteiger partial charge < -0.3 is 9.64 Å². The second kappa shape index (κ2) is 7.48. The lowest BCUT2D eigenvalue weighted by atomic mass is 10.2. The smallest absolute Gasteiger partial charge is 0.271 e. The maximum atomic E-state index is 12.9. The fourth-order valence-electron chi connectivity index (χ4n) is 2.81. The first kappa shape index (κ1) is 17.2. The zero-order chi connectivity index (χ0) is 17.8. The number of hydrogen-bond acceptors (Lipinski definition) is 5. The van der Waals surface area contributed by atoms with Crippen molar-refractivity contribution in [1.29, 1.82) is 0 Å². The van der Waals surface area contributed by atoms with Gasteiger partial charge in [-0.3, -0.25) is 15.6 Å². The molecule has 132 valence electrons. The van der Waals surface area contributed by atoms with Crippen LogP contribution in [-0.4, -0.2) is 36.2 Å². The van der Waals surface area contributed by atoms with Gasteiger partial charge in [0.1, 0.15) is 11.6 Å². The first-order valence-electron chi connectivity index (χ1n) is 8.19. The Labute approximate surface area is 146 Å². The molecule has 0 spiro atoms. The lowest BCUT2D eigenvalue weighted by Gasteiger charge is -2.36. The molecule has 0 aliphatic carbocycles. The summed E-state index contributed by atoms with van der Waals surface area (Å²) in [6.45, 7) is 5.61. The maximum Gasteiger partial charge on any atom is 0.271 e. The van der Waals surface area contributed by atoms with Crippen LogP contribution in [0.3, 0.4) is 0 Å². The Morgan fingerprint density at radius 1 is 1.16 bits per heavy atom. The van der Waals surface area contributed by atoms with E-state index in [4.69, 9.17) is 4.74 Å². The van der Waals surface area contributed by atoms with Crippen molar-refractivity contribution < 1.29 is 13.9 Å². The summed E-state index contributed by atoms with van der Waals surface area (Å²) in [7, 11) is 0. The summed E-state index contributed by atoms with van der Waals surface area (Å²) in [5.41, 5.74) is 6.33. The number of carbonyl (C=O) groups is 1. The number of aromatic nitrogens is 1. The maximum absolute atomic E-state index is 12.9. The van der Waals surface area contributed by atoms with Crippen LogP contribution in [0.4, 0.5) is 15.9 Å². The molecule has 1 aliphatic heterocycles. The van der Waals surface area contributed by atoms with E-state index in [0.29, 0.717) is 11.3 Å². The normalized spacial score (nSPS) is 20.2. The van der Waals surface area contributed by atoms with E-state index >= 15 is 0 Å². The molecule has 2 aromatic rings. The Morgan fingerprint density at radius 2 is 1.84 bits per heavy atom. The van der Waals surface area contributed by atoms with E-state index in [9.17, 15) is 9.18 Å². The molecule has 25 heavy (non-hydrogen) atoms. The molecule has 1 aliphatic rings. The zero-order valence-corrected chi connectivity index (χ0v) is 14.2. The van der Waals surface area contributed by atoms with Gasteiger partial charge >= 0.3 is 0 Å². The molecule has 7 heteroatoms. The summed E-state index contributed by atoms with van der Waals surface area (Å²) in [6, 6.07) is 9.27. The van der Waals surface area contributed by atoms with Crippen molar-refractivity contribution in [1.82, 2.24) is 10.4 Å². The quantitative estimate of drug-likeness (QED) is 0.835. The zero-order valence-electron chi connectivity index (χ0n) is 14.2. The molecule has 6 nitrogen and oxygen atoms in total. The van der Waals surface area contributed by atoms with Crippen LogP contribution in [0.25, 0.3) is 0 Å². The highest BCUT2D eigenvalue weighted by Crippen LogP contribution is 2.18. The Hall–Kier alpha value is -2.67. The first-order valence-corrected chi connectivity index (χ1v) is 8.19. The average Bonchev–Trinajstić information content (AvgIpc) is 2.60. The summed E-state index contributed by atoms with van der Waals surface area (Å²) in [5, 5.41) is 0. The molecule has 2 heterocycles. The van der Waals surface area contributed by atoms with Crippen LogP contribution in [-0.2, 0) is 4.74 Å². The number of ether oxygens (including phenoxy) is 1. The van der Waals surface area contributed by atoms with E-state index in [1.54, 1.807) is 12.3 Å². The molecular weight excluding hydrogens is 323 g/mol. The van der Waals surface area contributed by atoms with Gasteiger partial charge in [0.05, 0.1) is 23.5 Å². The third-order valence-corrected chi connectivity index (χ3v) is 3.92. The topological polar surface area (TPSA) is 66.5 Å². The monoisotopic (exact) mass is 344 g/mol. The number of carbonyl (C=O) groups excluding carboxylic acids is 1. The minimum Gasteiger partial charge on any atom is -0.372 e. The van der Waals surface area contributed by atoms with E-state index in [1.807, 2.05) is 19.9 Å². The summed E-state index contributed by atoms with van der Waals surface area (Å²) in [4.78, 5) is 18.7. The summed E-state index contributed by atoms with van der Waals surface area (Å²) in [6.07, 6.45) is 1.84. The number of morpholine rings is 1. The number of anilines is 2. The number of benzene rings is 1. The van der Waals surface area contributed by atoms with Gasteiger partial charge in [0, 0.05) is 19.3 Å². The molecule has 2 unspecified atom stereocenters. The number of hydrazine groups is 1. The lowest BCUT2D eigenvalue weighted by molar-refractivity contribution is -0.00546. The SMILES string of the molecule is CC1CN(c2ccc(C(=O)NNc3ccc(F)cc3)cn2)CC(C)O1.